The number of ether oxygens (including phenoxy) is 1. The number of rotatable bonds is 5. The van der Waals surface area contributed by atoms with E-state index in [0.29, 0.717) is 13.0 Å². The predicted molar refractivity (Wildman–Crippen MR) is 65.8 cm³/mol. The van der Waals surface area contributed by atoms with Crippen LogP contribution in [0.2, 0.25) is 0 Å². The molecule has 1 unspecified atom stereocenters. The van der Waals surface area contributed by atoms with E-state index in [1.54, 1.807) is 7.05 Å². The number of carbonyl (C=O) groups excluding carboxylic acids is 1. The molecule has 1 rings (SSSR count). The molecule has 5 nitrogen and oxygen atoms in total. The molecule has 96 valence electrons. The van der Waals surface area contributed by atoms with Crippen molar-refractivity contribution in [3.63, 3.8) is 0 Å². The minimum atomic E-state index is -0.666. The fraction of sp³-hybridized carbons (Fsp3) is 0.667. The first-order valence-corrected chi connectivity index (χ1v) is 5.71. The minimum Gasteiger partial charge on any atom is -0.468 e. The number of nitrogens with zero attached hydrogens (tertiary/aromatic N) is 2. The zero-order chi connectivity index (χ0) is 13.1. The second kappa shape index (κ2) is 5.31. The molecule has 0 saturated carbocycles. The zero-order valence-corrected chi connectivity index (χ0v) is 11.2. The number of aryl methyl sites for hydroxylation is 3. The van der Waals surface area contributed by atoms with Gasteiger partial charge in [-0.05, 0) is 40.3 Å². The fourth-order valence-electron chi connectivity index (χ4n) is 1.79. The molecular weight excluding hydrogens is 218 g/mol. The number of carbonyl (C=O) groups is 1. The SMILES string of the molecule is CNC(C)(CCn1nc(C)cc1C)C(=O)OC. The van der Waals surface area contributed by atoms with Crippen molar-refractivity contribution in [3.8, 4) is 0 Å². The van der Waals surface area contributed by atoms with Crippen molar-refractivity contribution in [3.05, 3.63) is 17.5 Å². The number of hydrogen-bond donors (Lipinski definition) is 1. The third kappa shape index (κ3) is 3.06. The van der Waals surface area contributed by atoms with Gasteiger partial charge in [-0.3, -0.25) is 9.48 Å². The van der Waals surface area contributed by atoms with Crippen molar-refractivity contribution < 1.29 is 9.53 Å². The summed E-state index contributed by atoms with van der Waals surface area (Å²) in [6.45, 7) is 6.49. The summed E-state index contributed by atoms with van der Waals surface area (Å²) < 4.78 is 6.71. The minimum absolute atomic E-state index is 0.249. The lowest BCUT2D eigenvalue weighted by atomic mass is 9.98. The first kappa shape index (κ1) is 13.7. The average Bonchev–Trinajstić information content (AvgIpc) is 2.63. The van der Waals surface area contributed by atoms with Gasteiger partial charge in [-0.15, -0.1) is 0 Å². The van der Waals surface area contributed by atoms with Gasteiger partial charge < -0.3 is 10.1 Å². The summed E-state index contributed by atoms with van der Waals surface area (Å²) in [7, 11) is 3.17. The quantitative estimate of drug-likeness (QED) is 0.780. The van der Waals surface area contributed by atoms with Gasteiger partial charge >= 0.3 is 5.97 Å². The molecule has 0 aliphatic rings. The number of nitrogens with one attached hydrogen (secondary N) is 1. The maximum atomic E-state index is 11.7. The second-order valence-corrected chi connectivity index (χ2v) is 4.47. The van der Waals surface area contributed by atoms with Crippen molar-refractivity contribution in [1.82, 2.24) is 15.1 Å². The van der Waals surface area contributed by atoms with E-state index in [1.165, 1.54) is 7.11 Å². The van der Waals surface area contributed by atoms with Crippen LogP contribution in [0.3, 0.4) is 0 Å². The molecule has 0 bridgehead atoms. The molecule has 0 saturated heterocycles. The highest BCUT2D eigenvalue weighted by Crippen LogP contribution is 2.13. The predicted octanol–water partition coefficient (Wildman–Crippen LogP) is 1.04. The lowest BCUT2D eigenvalue weighted by Gasteiger charge is -2.26. The summed E-state index contributed by atoms with van der Waals surface area (Å²) >= 11 is 0. The molecule has 1 atom stereocenters. The van der Waals surface area contributed by atoms with Gasteiger partial charge in [0.15, 0.2) is 0 Å². The summed E-state index contributed by atoms with van der Waals surface area (Å²) in [5, 5.41) is 7.38. The first-order chi connectivity index (χ1) is 7.92. The largest absolute Gasteiger partial charge is 0.468 e. The van der Waals surface area contributed by atoms with E-state index in [9.17, 15) is 4.79 Å². The number of esters is 1. The highest BCUT2D eigenvalue weighted by molar-refractivity contribution is 5.80. The summed E-state index contributed by atoms with van der Waals surface area (Å²) in [5.74, 6) is -0.249. The second-order valence-electron chi connectivity index (χ2n) is 4.47. The third-order valence-corrected chi connectivity index (χ3v) is 3.11. The molecule has 0 amide bonds. The number of aromatic nitrogens is 2. The van der Waals surface area contributed by atoms with Gasteiger partial charge in [0.1, 0.15) is 5.54 Å². The monoisotopic (exact) mass is 239 g/mol. The molecule has 0 radical (unpaired) electrons. The zero-order valence-electron chi connectivity index (χ0n) is 11.2. The highest BCUT2D eigenvalue weighted by Gasteiger charge is 2.32. The third-order valence-electron chi connectivity index (χ3n) is 3.11. The van der Waals surface area contributed by atoms with Crippen molar-refractivity contribution in [2.45, 2.75) is 39.3 Å². The Hall–Kier alpha value is -1.36. The lowest BCUT2D eigenvalue weighted by molar-refractivity contribution is -0.148. The van der Waals surface area contributed by atoms with Crippen molar-refractivity contribution in [2.24, 2.45) is 0 Å². The maximum Gasteiger partial charge on any atom is 0.325 e. The normalized spacial score (nSPS) is 14.4. The Morgan fingerprint density at radius 2 is 2.24 bits per heavy atom. The molecule has 1 N–H and O–H groups in total. The van der Waals surface area contributed by atoms with Gasteiger partial charge in [-0.2, -0.15) is 5.10 Å². The lowest BCUT2D eigenvalue weighted by Crippen LogP contribution is -2.49. The van der Waals surface area contributed by atoms with Crippen LogP contribution in [0.5, 0.6) is 0 Å². The van der Waals surface area contributed by atoms with Crippen LogP contribution < -0.4 is 5.32 Å². The van der Waals surface area contributed by atoms with E-state index >= 15 is 0 Å². The molecule has 0 fully saturated rings. The number of likely N-dealkylation sites (N-methyl/N-ethyl adjacent to an activating group) is 1. The molecule has 0 aromatic carbocycles. The summed E-state index contributed by atoms with van der Waals surface area (Å²) in [6, 6.07) is 2.02. The Labute approximate surface area is 102 Å². The van der Waals surface area contributed by atoms with Crippen LogP contribution in [-0.2, 0) is 16.1 Å². The Bertz CT molecular complexity index is 400. The van der Waals surface area contributed by atoms with Crippen molar-refractivity contribution in [2.75, 3.05) is 14.2 Å². The maximum absolute atomic E-state index is 11.7. The fourth-order valence-corrected chi connectivity index (χ4v) is 1.79. The first-order valence-electron chi connectivity index (χ1n) is 5.71. The van der Waals surface area contributed by atoms with E-state index < -0.39 is 5.54 Å². The van der Waals surface area contributed by atoms with E-state index in [4.69, 9.17) is 4.74 Å². The molecular formula is C12H21N3O2. The highest BCUT2D eigenvalue weighted by atomic mass is 16.5. The van der Waals surface area contributed by atoms with Gasteiger partial charge in [0, 0.05) is 12.2 Å². The molecule has 0 spiro atoms. The molecule has 0 aliphatic carbocycles. The number of hydrogen-bond acceptors (Lipinski definition) is 4. The van der Waals surface area contributed by atoms with Crippen LogP contribution in [0.15, 0.2) is 6.07 Å². The van der Waals surface area contributed by atoms with Crippen LogP contribution in [-0.4, -0.2) is 35.4 Å². The summed E-state index contributed by atoms with van der Waals surface area (Å²) in [6.07, 6.45) is 0.637. The standard InChI is InChI=1S/C12H21N3O2/c1-9-8-10(2)15(14-9)7-6-12(3,13-4)11(16)17-5/h8,13H,6-7H2,1-5H3. The Kier molecular flexibility index (Phi) is 4.28. The molecule has 1 aromatic heterocycles. The molecule has 1 heterocycles. The van der Waals surface area contributed by atoms with Gasteiger partial charge in [0.2, 0.25) is 0 Å². The summed E-state index contributed by atoms with van der Waals surface area (Å²) in [4.78, 5) is 11.7. The smallest absolute Gasteiger partial charge is 0.325 e. The Morgan fingerprint density at radius 1 is 1.59 bits per heavy atom. The van der Waals surface area contributed by atoms with Crippen LogP contribution >= 0.6 is 0 Å². The number of methoxy groups -OCH3 is 1. The van der Waals surface area contributed by atoms with E-state index in [2.05, 4.69) is 10.4 Å². The van der Waals surface area contributed by atoms with Crippen LogP contribution in [0, 0.1) is 13.8 Å². The molecule has 0 aliphatic heterocycles. The molecule has 5 heteroatoms. The Balaban J connectivity index is 2.71. The van der Waals surface area contributed by atoms with Crippen molar-refractivity contribution >= 4 is 5.97 Å². The Morgan fingerprint density at radius 3 is 2.65 bits per heavy atom. The van der Waals surface area contributed by atoms with Crippen molar-refractivity contribution in [1.29, 1.82) is 0 Å². The average molecular weight is 239 g/mol. The van der Waals surface area contributed by atoms with Crippen LogP contribution in [0.1, 0.15) is 24.7 Å². The van der Waals surface area contributed by atoms with Gasteiger partial charge in [-0.25, -0.2) is 0 Å². The molecule has 1 aromatic rings. The topological polar surface area (TPSA) is 56.2 Å². The van der Waals surface area contributed by atoms with Gasteiger partial charge in [-0.1, -0.05) is 0 Å². The summed E-state index contributed by atoms with van der Waals surface area (Å²) in [5.41, 5.74) is 1.43. The van der Waals surface area contributed by atoms with E-state index in [1.807, 2.05) is 31.5 Å². The van der Waals surface area contributed by atoms with Gasteiger partial charge in [0.25, 0.3) is 0 Å². The van der Waals surface area contributed by atoms with E-state index in [0.717, 1.165) is 11.4 Å². The van der Waals surface area contributed by atoms with Gasteiger partial charge in [0.05, 0.1) is 12.8 Å². The van der Waals surface area contributed by atoms with Crippen LogP contribution in [0.4, 0.5) is 0 Å². The molecule has 17 heavy (non-hydrogen) atoms. The van der Waals surface area contributed by atoms with E-state index in [-0.39, 0.29) is 5.97 Å². The van der Waals surface area contributed by atoms with Crippen LogP contribution in [0.25, 0.3) is 0 Å².